The van der Waals surface area contributed by atoms with E-state index in [-0.39, 0.29) is 30.9 Å². The molecule has 0 saturated carbocycles. The number of amides is 2. The molecule has 1 aliphatic rings. The number of nitrogens with zero attached hydrogens (tertiary/aromatic N) is 1. The molecule has 0 radical (unpaired) electrons. The maximum Gasteiger partial charge on any atom is 0.471 e. The Morgan fingerprint density at radius 2 is 1.82 bits per heavy atom. The molecule has 98 valence electrons. The molecule has 1 saturated heterocycles. The predicted molar refractivity (Wildman–Crippen MR) is 54.5 cm³/mol. The van der Waals surface area contributed by atoms with E-state index in [0.717, 1.165) is 4.90 Å². The zero-order chi connectivity index (χ0) is 13.1. The van der Waals surface area contributed by atoms with E-state index in [1.165, 1.54) is 0 Å². The number of carbonyl (C=O) groups is 2. The molecule has 0 aromatic heterocycles. The molecule has 0 atom stereocenters. The lowest BCUT2D eigenvalue weighted by Crippen LogP contribution is -2.50. The summed E-state index contributed by atoms with van der Waals surface area (Å²) in [6.07, 6.45) is -4.21. The SMILES string of the molecule is O=C(CCl)NC1CCN(C(=O)C(F)(F)F)CC1. The number of rotatable bonds is 2. The van der Waals surface area contributed by atoms with E-state index in [2.05, 4.69) is 5.32 Å². The van der Waals surface area contributed by atoms with Gasteiger partial charge in [0.1, 0.15) is 5.88 Å². The molecular weight excluding hydrogens is 261 g/mol. The minimum atomic E-state index is -4.83. The highest BCUT2D eigenvalue weighted by Gasteiger charge is 2.43. The van der Waals surface area contributed by atoms with Crippen molar-refractivity contribution in [2.45, 2.75) is 25.1 Å². The second-order valence-corrected chi connectivity index (χ2v) is 4.03. The van der Waals surface area contributed by atoms with Crippen LogP contribution in [0.5, 0.6) is 0 Å². The van der Waals surface area contributed by atoms with Crippen molar-refractivity contribution in [3.05, 3.63) is 0 Å². The van der Waals surface area contributed by atoms with Crippen LogP contribution in [0.1, 0.15) is 12.8 Å². The standard InChI is InChI=1S/C9H12ClF3N2O2/c10-5-7(16)14-6-1-3-15(4-2-6)8(17)9(11,12)13/h6H,1-5H2,(H,14,16). The molecule has 2 amide bonds. The van der Waals surface area contributed by atoms with Crippen LogP contribution in [0.3, 0.4) is 0 Å². The van der Waals surface area contributed by atoms with E-state index in [0.29, 0.717) is 12.8 Å². The summed E-state index contributed by atoms with van der Waals surface area (Å²) < 4.78 is 36.4. The normalized spacial score (nSPS) is 18.0. The summed E-state index contributed by atoms with van der Waals surface area (Å²) in [7, 11) is 0. The van der Waals surface area contributed by atoms with Gasteiger partial charge in [0.15, 0.2) is 0 Å². The monoisotopic (exact) mass is 272 g/mol. The molecule has 1 rings (SSSR count). The molecule has 0 aromatic carbocycles. The first-order valence-electron chi connectivity index (χ1n) is 5.06. The lowest BCUT2D eigenvalue weighted by Gasteiger charge is -2.32. The lowest BCUT2D eigenvalue weighted by molar-refractivity contribution is -0.186. The Morgan fingerprint density at radius 3 is 2.24 bits per heavy atom. The number of alkyl halides is 4. The number of likely N-dealkylation sites (tertiary alicyclic amines) is 1. The van der Waals surface area contributed by atoms with Gasteiger partial charge in [0, 0.05) is 19.1 Å². The van der Waals surface area contributed by atoms with E-state index >= 15 is 0 Å². The molecule has 0 aromatic rings. The molecule has 0 spiro atoms. The third-order valence-electron chi connectivity index (χ3n) is 2.51. The van der Waals surface area contributed by atoms with Crippen molar-refractivity contribution in [3.63, 3.8) is 0 Å². The van der Waals surface area contributed by atoms with E-state index in [1.807, 2.05) is 0 Å². The van der Waals surface area contributed by atoms with Crippen molar-refractivity contribution in [1.29, 1.82) is 0 Å². The highest BCUT2D eigenvalue weighted by molar-refractivity contribution is 6.27. The number of hydrogen-bond acceptors (Lipinski definition) is 2. The lowest BCUT2D eigenvalue weighted by atomic mass is 10.0. The molecule has 1 fully saturated rings. The average molecular weight is 273 g/mol. The first kappa shape index (κ1) is 14.1. The summed E-state index contributed by atoms with van der Waals surface area (Å²) in [4.78, 5) is 22.6. The molecule has 4 nitrogen and oxygen atoms in total. The first-order valence-corrected chi connectivity index (χ1v) is 5.59. The molecule has 8 heteroatoms. The highest BCUT2D eigenvalue weighted by atomic mass is 35.5. The Balaban J connectivity index is 2.41. The van der Waals surface area contributed by atoms with Gasteiger partial charge in [0.05, 0.1) is 0 Å². The summed E-state index contributed by atoms with van der Waals surface area (Å²) in [5, 5.41) is 2.58. The zero-order valence-corrected chi connectivity index (χ0v) is 9.64. The first-order chi connectivity index (χ1) is 7.84. The van der Waals surface area contributed by atoms with E-state index < -0.39 is 12.1 Å². The van der Waals surface area contributed by atoms with Crippen LogP contribution in [0.15, 0.2) is 0 Å². The van der Waals surface area contributed by atoms with Gasteiger partial charge in [0.25, 0.3) is 0 Å². The second kappa shape index (κ2) is 5.57. The minimum Gasteiger partial charge on any atom is -0.352 e. The van der Waals surface area contributed by atoms with Crippen LogP contribution in [-0.2, 0) is 9.59 Å². The fourth-order valence-corrected chi connectivity index (χ4v) is 1.75. The van der Waals surface area contributed by atoms with Crippen LogP contribution in [-0.4, -0.2) is 47.9 Å². The Morgan fingerprint density at radius 1 is 1.29 bits per heavy atom. The molecule has 0 aliphatic carbocycles. The van der Waals surface area contributed by atoms with Crippen molar-refractivity contribution in [2.24, 2.45) is 0 Å². The van der Waals surface area contributed by atoms with Gasteiger partial charge in [-0.3, -0.25) is 9.59 Å². The topological polar surface area (TPSA) is 49.4 Å². The van der Waals surface area contributed by atoms with Crippen molar-refractivity contribution in [2.75, 3.05) is 19.0 Å². The maximum absolute atomic E-state index is 12.1. The fourth-order valence-electron chi connectivity index (χ4n) is 1.67. The minimum absolute atomic E-state index is 0.00836. The molecule has 17 heavy (non-hydrogen) atoms. The van der Waals surface area contributed by atoms with E-state index in [9.17, 15) is 22.8 Å². The number of halogens is 4. The predicted octanol–water partition coefficient (Wildman–Crippen LogP) is 0.895. The van der Waals surface area contributed by atoms with Crippen molar-refractivity contribution in [1.82, 2.24) is 10.2 Å². The zero-order valence-electron chi connectivity index (χ0n) is 8.89. The van der Waals surface area contributed by atoms with E-state index in [4.69, 9.17) is 11.6 Å². The molecule has 1 aliphatic heterocycles. The van der Waals surface area contributed by atoms with Gasteiger partial charge < -0.3 is 10.2 Å². The Labute approximate surface area is 101 Å². The Kier molecular flexibility index (Phi) is 4.62. The third-order valence-corrected chi connectivity index (χ3v) is 2.75. The van der Waals surface area contributed by atoms with Crippen molar-refractivity contribution in [3.8, 4) is 0 Å². The van der Waals surface area contributed by atoms with Crippen LogP contribution in [0, 0.1) is 0 Å². The van der Waals surface area contributed by atoms with Crippen molar-refractivity contribution >= 4 is 23.4 Å². The van der Waals surface area contributed by atoms with Gasteiger partial charge in [0.2, 0.25) is 5.91 Å². The van der Waals surface area contributed by atoms with Gasteiger partial charge >= 0.3 is 12.1 Å². The number of hydrogen-bond donors (Lipinski definition) is 1. The number of carbonyl (C=O) groups excluding carboxylic acids is 2. The number of piperidine rings is 1. The average Bonchev–Trinajstić information content (AvgIpc) is 2.27. The molecule has 1 heterocycles. The number of nitrogens with one attached hydrogen (secondary N) is 1. The van der Waals surface area contributed by atoms with Crippen LogP contribution in [0.4, 0.5) is 13.2 Å². The highest BCUT2D eigenvalue weighted by Crippen LogP contribution is 2.21. The van der Waals surface area contributed by atoms with Gasteiger partial charge in [-0.15, -0.1) is 11.6 Å². The fraction of sp³-hybridized carbons (Fsp3) is 0.778. The smallest absolute Gasteiger partial charge is 0.352 e. The van der Waals surface area contributed by atoms with Crippen LogP contribution in [0.25, 0.3) is 0 Å². The Bertz CT molecular complexity index is 301. The molecule has 0 unspecified atom stereocenters. The second-order valence-electron chi connectivity index (χ2n) is 3.77. The molecule has 1 N–H and O–H groups in total. The van der Waals surface area contributed by atoms with Gasteiger partial charge in [-0.2, -0.15) is 13.2 Å². The third kappa shape index (κ3) is 4.07. The van der Waals surface area contributed by atoms with Gasteiger partial charge in [-0.05, 0) is 12.8 Å². The van der Waals surface area contributed by atoms with Crippen LogP contribution in [0.2, 0.25) is 0 Å². The summed E-state index contributed by atoms with van der Waals surface area (Å²) in [5.74, 6) is -2.35. The molecular formula is C9H12ClF3N2O2. The van der Waals surface area contributed by atoms with Crippen molar-refractivity contribution < 1.29 is 22.8 Å². The van der Waals surface area contributed by atoms with Gasteiger partial charge in [-0.1, -0.05) is 0 Å². The Hall–Kier alpha value is -0.980. The maximum atomic E-state index is 12.1. The summed E-state index contributed by atoms with van der Waals surface area (Å²) in [5.41, 5.74) is 0. The molecule has 0 bridgehead atoms. The summed E-state index contributed by atoms with van der Waals surface area (Å²) in [6.45, 7) is -0.0167. The van der Waals surface area contributed by atoms with Crippen LogP contribution < -0.4 is 5.32 Å². The van der Waals surface area contributed by atoms with Crippen LogP contribution >= 0.6 is 11.6 Å². The quantitative estimate of drug-likeness (QED) is 0.759. The van der Waals surface area contributed by atoms with Gasteiger partial charge in [-0.25, -0.2) is 0 Å². The van der Waals surface area contributed by atoms with E-state index in [1.54, 1.807) is 0 Å². The largest absolute Gasteiger partial charge is 0.471 e. The summed E-state index contributed by atoms with van der Waals surface area (Å²) >= 11 is 5.28. The summed E-state index contributed by atoms with van der Waals surface area (Å²) in [6, 6.07) is -0.210.